The highest BCUT2D eigenvalue weighted by Crippen LogP contribution is 2.24. The Morgan fingerprint density at radius 1 is 1.59 bits per heavy atom. The number of carboxylic acids is 1. The minimum Gasteiger partial charge on any atom is -0.480 e. The van der Waals surface area contributed by atoms with Crippen molar-refractivity contribution >= 4 is 40.0 Å². The molecular weight excluding hydrogens is 315 g/mol. The number of nitro groups is 1. The zero-order valence-corrected chi connectivity index (χ0v) is 10.9. The highest BCUT2D eigenvalue weighted by Gasteiger charge is 2.19. The summed E-state index contributed by atoms with van der Waals surface area (Å²) in [6.45, 7) is 0. The second-order valence-corrected chi connectivity index (χ2v) is 4.09. The number of nitrogens with two attached hydrogens (primary N) is 1. The molecular formula is C9H10BrClN2O4. The van der Waals surface area contributed by atoms with Crippen molar-refractivity contribution in [3.63, 3.8) is 0 Å². The van der Waals surface area contributed by atoms with Crippen LogP contribution in [0.2, 0.25) is 0 Å². The maximum Gasteiger partial charge on any atom is 0.320 e. The molecule has 0 radical (unpaired) electrons. The molecule has 0 heterocycles. The van der Waals surface area contributed by atoms with Gasteiger partial charge >= 0.3 is 5.97 Å². The van der Waals surface area contributed by atoms with Gasteiger partial charge in [-0.15, -0.1) is 12.4 Å². The summed E-state index contributed by atoms with van der Waals surface area (Å²) in [4.78, 5) is 20.7. The van der Waals surface area contributed by atoms with Crippen LogP contribution in [0, 0.1) is 10.1 Å². The number of carbonyl (C=O) groups is 1. The van der Waals surface area contributed by atoms with Gasteiger partial charge in [0.15, 0.2) is 0 Å². The Labute approximate surface area is 111 Å². The first-order valence-corrected chi connectivity index (χ1v) is 5.12. The number of carboxylic acid groups (broad SMARTS) is 1. The molecule has 0 saturated heterocycles. The van der Waals surface area contributed by atoms with Crippen molar-refractivity contribution < 1.29 is 14.8 Å². The molecule has 1 unspecified atom stereocenters. The molecule has 0 aliphatic rings. The molecule has 0 aliphatic heterocycles. The van der Waals surface area contributed by atoms with Gasteiger partial charge in [0.2, 0.25) is 0 Å². The summed E-state index contributed by atoms with van der Waals surface area (Å²) < 4.78 is 0.562. The molecule has 1 rings (SSSR count). The number of aliphatic carboxylic acids is 1. The first kappa shape index (κ1) is 15.8. The lowest BCUT2D eigenvalue weighted by Gasteiger charge is -2.07. The normalized spacial score (nSPS) is 11.4. The summed E-state index contributed by atoms with van der Waals surface area (Å²) in [6, 6.07) is 3.28. The summed E-state index contributed by atoms with van der Waals surface area (Å²) in [5.41, 5.74) is 5.50. The molecule has 0 bridgehead atoms. The van der Waals surface area contributed by atoms with Crippen LogP contribution in [-0.4, -0.2) is 22.0 Å². The lowest BCUT2D eigenvalue weighted by atomic mass is 10.0. The molecule has 0 fully saturated rings. The lowest BCUT2D eigenvalue weighted by Crippen LogP contribution is -2.32. The standard InChI is InChI=1S/C9H9BrN2O4.ClH/c10-6-2-1-5(3-7(11)9(13)14)8(4-6)12(15)16;/h1-2,4,7H,3,11H2,(H,13,14);1H. The Morgan fingerprint density at radius 2 is 2.18 bits per heavy atom. The maximum absolute atomic E-state index is 10.7. The van der Waals surface area contributed by atoms with E-state index in [1.54, 1.807) is 6.07 Å². The van der Waals surface area contributed by atoms with E-state index in [0.29, 0.717) is 10.0 Å². The lowest BCUT2D eigenvalue weighted by molar-refractivity contribution is -0.385. The van der Waals surface area contributed by atoms with Gasteiger partial charge in [-0.05, 0) is 6.07 Å². The van der Waals surface area contributed by atoms with E-state index in [-0.39, 0.29) is 24.5 Å². The molecule has 3 N–H and O–H groups in total. The van der Waals surface area contributed by atoms with Gasteiger partial charge in [-0.25, -0.2) is 0 Å². The van der Waals surface area contributed by atoms with Crippen LogP contribution in [0.5, 0.6) is 0 Å². The molecule has 0 spiro atoms. The summed E-state index contributed by atoms with van der Waals surface area (Å²) in [5, 5.41) is 19.3. The van der Waals surface area contributed by atoms with Crippen LogP contribution >= 0.6 is 28.3 Å². The second-order valence-electron chi connectivity index (χ2n) is 3.18. The monoisotopic (exact) mass is 324 g/mol. The van der Waals surface area contributed by atoms with E-state index < -0.39 is 16.9 Å². The number of halogens is 2. The average Bonchev–Trinajstić information content (AvgIpc) is 2.20. The van der Waals surface area contributed by atoms with E-state index >= 15 is 0 Å². The molecule has 1 atom stereocenters. The Kier molecular flexibility index (Phi) is 6.08. The minimum absolute atomic E-state index is 0. The van der Waals surface area contributed by atoms with E-state index in [0.717, 1.165) is 0 Å². The number of nitro benzene ring substituents is 1. The molecule has 1 aromatic carbocycles. The van der Waals surface area contributed by atoms with Gasteiger partial charge < -0.3 is 10.8 Å². The Hall–Kier alpha value is -1.18. The Morgan fingerprint density at radius 3 is 2.65 bits per heavy atom. The average molecular weight is 326 g/mol. The highest BCUT2D eigenvalue weighted by molar-refractivity contribution is 9.10. The van der Waals surface area contributed by atoms with Crippen LogP contribution in [0.4, 0.5) is 5.69 Å². The van der Waals surface area contributed by atoms with E-state index in [2.05, 4.69) is 15.9 Å². The number of benzene rings is 1. The topological polar surface area (TPSA) is 106 Å². The SMILES string of the molecule is Cl.NC(Cc1ccc(Br)cc1[N+](=O)[O-])C(=O)O. The van der Waals surface area contributed by atoms with Crippen molar-refractivity contribution in [1.29, 1.82) is 0 Å². The largest absolute Gasteiger partial charge is 0.480 e. The number of hydrogen-bond donors (Lipinski definition) is 2. The first-order chi connectivity index (χ1) is 7.41. The first-order valence-electron chi connectivity index (χ1n) is 4.33. The second kappa shape index (κ2) is 6.53. The Balaban J connectivity index is 0.00000256. The predicted octanol–water partition coefficient (Wildman–Crippen LogP) is 1.73. The maximum atomic E-state index is 10.7. The van der Waals surface area contributed by atoms with Crippen molar-refractivity contribution in [3.05, 3.63) is 38.3 Å². The van der Waals surface area contributed by atoms with Gasteiger partial charge in [-0.2, -0.15) is 0 Å². The molecule has 0 saturated carbocycles. The predicted molar refractivity (Wildman–Crippen MR) is 67.4 cm³/mol. The fourth-order valence-electron chi connectivity index (χ4n) is 1.20. The van der Waals surface area contributed by atoms with Gasteiger partial charge in [0.25, 0.3) is 5.69 Å². The van der Waals surface area contributed by atoms with Gasteiger partial charge in [0, 0.05) is 22.5 Å². The Bertz CT molecular complexity index is 441. The summed E-state index contributed by atoms with van der Waals surface area (Å²) >= 11 is 3.11. The molecule has 6 nitrogen and oxygen atoms in total. The van der Waals surface area contributed by atoms with E-state index in [1.165, 1.54) is 12.1 Å². The molecule has 0 amide bonds. The zero-order chi connectivity index (χ0) is 12.3. The van der Waals surface area contributed by atoms with Crippen LogP contribution < -0.4 is 5.73 Å². The van der Waals surface area contributed by atoms with Gasteiger partial charge in [0.1, 0.15) is 6.04 Å². The molecule has 94 valence electrons. The van der Waals surface area contributed by atoms with Crippen LogP contribution in [0.3, 0.4) is 0 Å². The van der Waals surface area contributed by atoms with Crippen molar-refractivity contribution in [1.82, 2.24) is 0 Å². The van der Waals surface area contributed by atoms with Gasteiger partial charge in [-0.3, -0.25) is 14.9 Å². The highest BCUT2D eigenvalue weighted by atomic mass is 79.9. The number of rotatable bonds is 4. The third-order valence-electron chi connectivity index (χ3n) is 2.00. The van der Waals surface area contributed by atoms with E-state index in [1.807, 2.05) is 0 Å². The number of hydrogen-bond acceptors (Lipinski definition) is 4. The molecule has 17 heavy (non-hydrogen) atoms. The van der Waals surface area contributed by atoms with Crippen LogP contribution in [0.1, 0.15) is 5.56 Å². The van der Waals surface area contributed by atoms with Crippen molar-refractivity contribution in [2.45, 2.75) is 12.5 Å². The third kappa shape index (κ3) is 4.29. The van der Waals surface area contributed by atoms with Gasteiger partial charge in [0.05, 0.1) is 4.92 Å². The molecule has 8 heteroatoms. The smallest absolute Gasteiger partial charge is 0.320 e. The third-order valence-corrected chi connectivity index (χ3v) is 2.49. The summed E-state index contributed by atoms with van der Waals surface area (Å²) in [6.07, 6.45) is -0.0705. The summed E-state index contributed by atoms with van der Waals surface area (Å²) in [7, 11) is 0. The van der Waals surface area contributed by atoms with Crippen LogP contribution in [0.25, 0.3) is 0 Å². The van der Waals surface area contributed by atoms with Crippen molar-refractivity contribution in [2.75, 3.05) is 0 Å². The summed E-state index contributed by atoms with van der Waals surface area (Å²) in [5.74, 6) is -1.18. The fraction of sp³-hybridized carbons (Fsp3) is 0.222. The number of nitrogens with zero attached hydrogens (tertiary/aromatic N) is 1. The molecule has 1 aromatic rings. The van der Waals surface area contributed by atoms with Crippen LogP contribution in [-0.2, 0) is 11.2 Å². The van der Waals surface area contributed by atoms with Crippen LogP contribution in [0.15, 0.2) is 22.7 Å². The van der Waals surface area contributed by atoms with Gasteiger partial charge in [-0.1, -0.05) is 22.0 Å². The van der Waals surface area contributed by atoms with Crippen molar-refractivity contribution in [3.8, 4) is 0 Å². The quantitative estimate of drug-likeness (QED) is 0.647. The van der Waals surface area contributed by atoms with E-state index in [9.17, 15) is 14.9 Å². The zero-order valence-electron chi connectivity index (χ0n) is 8.50. The van der Waals surface area contributed by atoms with Crippen molar-refractivity contribution in [2.24, 2.45) is 5.73 Å². The minimum atomic E-state index is -1.18. The van der Waals surface area contributed by atoms with E-state index in [4.69, 9.17) is 10.8 Å². The fourth-order valence-corrected chi connectivity index (χ4v) is 1.55. The molecule has 0 aliphatic carbocycles. The molecule has 0 aromatic heterocycles.